The first-order valence-electron chi connectivity index (χ1n) is 7.38. The molecular formula is C21H18O2. The van der Waals surface area contributed by atoms with Gasteiger partial charge in [-0.25, -0.2) is 0 Å². The predicted octanol–water partition coefficient (Wildman–Crippen LogP) is 5.51. The standard InChI is InChI=1S/C21H18O2/c1-4-14-11-13-19(23-3)21(16(14)5-2)20-17-9-7-6-8-15(17)10-12-18(20)22/h4-13,22H,1-2H2,3H3. The molecule has 3 aromatic carbocycles. The number of benzene rings is 3. The van der Waals surface area contributed by atoms with Crippen LogP contribution in [-0.4, -0.2) is 12.2 Å². The van der Waals surface area contributed by atoms with Crippen molar-refractivity contribution in [2.75, 3.05) is 7.11 Å². The summed E-state index contributed by atoms with van der Waals surface area (Å²) >= 11 is 0. The van der Waals surface area contributed by atoms with E-state index in [0.717, 1.165) is 33.0 Å². The van der Waals surface area contributed by atoms with Gasteiger partial charge in [-0.1, -0.05) is 61.7 Å². The third-order valence-corrected chi connectivity index (χ3v) is 4.04. The van der Waals surface area contributed by atoms with Gasteiger partial charge in [0, 0.05) is 11.1 Å². The molecule has 0 saturated heterocycles. The van der Waals surface area contributed by atoms with E-state index >= 15 is 0 Å². The first-order chi connectivity index (χ1) is 11.2. The fourth-order valence-corrected chi connectivity index (χ4v) is 2.96. The monoisotopic (exact) mass is 302 g/mol. The van der Waals surface area contributed by atoms with Crippen molar-refractivity contribution in [1.82, 2.24) is 0 Å². The van der Waals surface area contributed by atoms with Crippen LogP contribution in [0.25, 0.3) is 34.1 Å². The number of hydrogen-bond acceptors (Lipinski definition) is 2. The van der Waals surface area contributed by atoms with Crippen molar-refractivity contribution >= 4 is 22.9 Å². The normalized spacial score (nSPS) is 10.5. The Labute approximate surface area is 136 Å². The van der Waals surface area contributed by atoms with Crippen LogP contribution in [0.3, 0.4) is 0 Å². The molecule has 0 fully saturated rings. The van der Waals surface area contributed by atoms with E-state index in [2.05, 4.69) is 13.2 Å². The highest BCUT2D eigenvalue weighted by Gasteiger charge is 2.18. The molecule has 0 aliphatic heterocycles. The Morgan fingerprint density at radius 3 is 2.39 bits per heavy atom. The van der Waals surface area contributed by atoms with E-state index in [1.807, 2.05) is 42.5 Å². The van der Waals surface area contributed by atoms with Gasteiger partial charge in [0.2, 0.25) is 0 Å². The van der Waals surface area contributed by atoms with Crippen molar-refractivity contribution in [3.8, 4) is 22.6 Å². The smallest absolute Gasteiger partial charge is 0.127 e. The van der Waals surface area contributed by atoms with Gasteiger partial charge in [0.1, 0.15) is 11.5 Å². The first kappa shape index (κ1) is 14.9. The molecule has 0 bridgehead atoms. The third kappa shape index (κ3) is 2.38. The summed E-state index contributed by atoms with van der Waals surface area (Å²) in [4.78, 5) is 0. The molecule has 0 radical (unpaired) electrons. The molecule has 0 spiro atoms. The summed E-state index contributed by atoms with van der Waals surface area (Å²) in [5.74, 6) is 0.906. The fourth-order valence-electron chi connectivity index (χ4n) is 2.96. The second-order valence-electron chi connectivity index (χ2n) is 5.23. The second-order valence-corrected chi connectivity index (χ2v) is 5.23. The van der Waals surface area contributed by atoms with E-state index in [0.29, 0.717) is 5.75 Å². The van der Waals surface area contributed by atoms with Crippen molar-refractivity contribution in [3.05, 3.63) is 72.8 Å². The Kier molecular flexibility index (Phi) is 3.90. The molecule has 3 rings (SSSR count). The van der Waals surface area contributed by atoms with Crippen LogP contribution in [0.5, 0.6) is 11.5 Å². The van der Waals surface area contributed by atoms with E-state index in [-0.39, 0.29) is 5.75 Å². The Morgan fingerprint density at radius 1 is 0.913 bits per heavy atom. The summed E-state index contributed by atoms with van der Waals surface area (Å²) in [7, 11) is 1.63. The van der Waals surface area contributed by atoms with Crippen molar-refractivity contribution in [2.24, 2.45) is 0 Å². The van der Waals surface area contributed by atoms with Crippen LogP contribution in [0.4, 0.5) is 0 Å². The van der Waals surface area contributed by atoms with Gasteiger partial charge in [0.15, 0.2) is 0 Å². The second kappa shape index (κ2) is 6.01. The number of hydrogen-bond donors (Lipinski definition) is 1. The maximum Gasteiger partial charge on any atom is 0.127 e. The van der Waals surface area contributed by atoms with Crippen LogP contribution >= 0.6 is 0 Å². The zero-order valence-corrected chi connectivity index (χ0v) is 13.0. The molecule has 0 unspecified atom stereocenters. The lowest BCUT2D eigenvalue weighted by molar-refractivity contribution is 0.415. The summed E-state index contributed by atoms with van der Waals surface area (Å²) < 4.78 is 5.55. The number of phenolic OH excluding ortho intramolecular Hbond substituents is 1. The highest BCUT2D eigenvalue weighted by molar-refractivity contribution is 6.03. The average molecular weight is 302 g/mol. The summed E-state index contributed by atoms with van der Waals surface area (Å²) in [6.07, 6.45) is 3.55. The van der Waals surface area contributed by atoms with E-state index in [4.69, 9.17) is 4.74 Å². The van der Waals surface area contributed by atoms with Crippen LogP contribution in [0.2, 0.25) is 0 Å². The molecule has 0 aliphatic carbocycles. The molecular weight excluding hydrogens is 284 g/mol. The zero-order valence-electron chi connectivity index (χ0n) is 13.0. The Bertz CT molecular complexity index is 907. The van der Waals surface area contributed by atoms with Crippen molar-refractivity contribution in [2.45, 2.75) is 0 Å². The molecule has 0 atom stereocenters. The Hall–Kier alpha value is -3.00. The van der Waals surface area contributed by atoms with Crippen molar-refractivity contribution < 1.29 is 9.84 Å². The van der Waals surface area contributed by atoms with Gasteiger partial charge >= 0.3 is 0 Å². The SMILES string of the molecule is C=Cc1ccc(OC)c(-c2c(O)ccc3ccccc23)c1C=C. The van der Waals surface area contributed by atoms with Crippen LogP contribution in [0.15, 0.2) is 61.7 Å². The van der Waals surface area contributed by atoms with Crippen LogP contribution in [0.1, 0.15) is 11.1 Å². The van der Waals surface area contributed by atoms with Gasteiger partial charge < -0.3 is 9.84 Å². The number of ether oxygens (including phenoxy) is 1. The molecule has 2 nitrogen and oxygen atoms in total. The molecule has 0 amide bonds. The molecule has 0 saturated carbocycles. The zero-order chi connectivity index (χ0) is 16.4. The molecule has 1 N–H and O–H groups in total. The summed E-state index contributed by atoms with van der Waals surface area (Å²) in [6.45, 7) is 7.79. The lowest BCUT2D eigenvalue weighted by Gasteiger charge is -2.17. The van der Waals surface area contributed by atoms with E-state index < -0.39 is 0 Å². The summed E-state index contributed by atoms with van der Waals surface area (Å²) in [5.41, 5.74) is 3.42. The van der Waals surface area contributed by atoms with E-state index in [1.54, 1.807) is 25.3 Å². The fraction of sp³-hybridized carbons (Fsp3) is 0.0476. The highest BCUT2D eigenvalue weighted by atomic mass is 16.5. The number of aromatic hydroxyl groups is 1. The molecule has 114 valence electrons. The minimum atomic E-state index is 0.214. The Balaban J connectivity index is 2.50. The van der Waals surface area contributed by atoms with Gasteiger partial charge in [-0.2, -0.15) is 0 Å². The van der Waals surface area contributed by atoms with Gasteiger partial charge in [0.25, 0.3) is 0 Å². The van der Waals surface area contributed by atoms with Gasteiger partial charge in [-0.05, 0) is 34.0 Å². The largest absolute Gasteiger partial charge is 0.507 e. The van der Waals surface area contributed by atoms with Crippen molar-refractivity contribution in [1.29, 1.82) is 0 Å². The number of rotatable bonds is 4. The molecule has 23 heavy (non-hydrogen) atoms. The molecule has 0 heterocycles. The maximum atomic E-state index is 10.5. The molecule has 0 aromatic heterocycles. The quantitative estimate of drug-likeness (QED) is 0.689. The summed E-state index contributed by atoms with van der Waals surface area (Å²) in [5, 5.41) is 12.6. The number of phenols is 1. The van der Waals surface area contributed by atoms with Gasteiger partial charge in [0.05, 0.1) is 7.11 Å². The molecule has 0 aliphatic rings. The van der Waals surface area contributed by atoms with Gasteiger partial charge in [-0.15, -0.1) is 0 Å². The summed E-state index contributed by atoms with van der Waals surface area (Å²) in [6, 6.07) is 15.4. The van der Waals surface area contributed by atoms with Gasteiger partial charge in [-0.3, -0.25) is 0 Å². The number of methoxy groups -OCH3 is 1. The lowest BCUT2D eigenvalue weighted by Crippen LogP contribution is -1.95. The molecule has 3 aromatic rings. The average Bonchev–Trinajstić information content (AvgIpc) is 2.60. The topological polar surface area (TPSA) is 29.5 Å². The van der Waals surface area contributed by atoms with Crippen LogP contribution in [0, 0.1) is 0 Å². The van der Waals surface area contributed by atoms with E-state index in [1.165, 1.54) is 0 Å². The van der Waals surface area contributed by atoms with E-state index in [9.17, 15) is 5.11 Å². The Morgan fingerprint density at radius 2 is 1.70 bits per heavy atom. The first-order valence-corrected chi connectivity index (χ1v) is 7.38. The van der Waals surface area contributed by atoms with Crippen LogP contribution < -0.4 is 4.74 Å². The van der Waals surface area contributed by atoms with Crippen LogP contribution in [-0.2, 0) is 0 Å². The highest BCUT2D eigenvalue weighted by Crippen LogP contribution is 2.44. The minimum absolute atomic E-state index is 0.214. The third-order valence-electron chi connectivity index (χ3n) is 4.04. The predicted molar refractivity (Wildman–Crippen MR) is 97.8 cm³/mol. The molecule has 2 heteroatoms. The number of fused-ring (bicyclic) bond motifs is 1. The maximum absolute atomic E-state index is 10.5. The minimum Gasteiger partial charge on any atom is -0.507 e. The lowest BCUT2D eigenvalue weighted by atomic mass is 9.90. The van der Waals surface area contributed by atoms with Crippen molar-refractivity contribution in [3.63, 3.8) is 0 Å².